The van der Waals surface area contributed by atoms with Gasteiger partial charge in [-0.25, -0.2) is 4.79 Å². The van der Waals surface area contributed by atoms with Gasteiger partial charge in [-0.15, -0.1) is 0 Å². The average Bonchev–Trinajstić information content (AvgIpc) is 2.65. The van der Waals surface area contributed by atoms with E-state index < -0.39 is 17.9 Å². The van der Waals surface area contributed by atoms with E-state index in [-0.39, 0.29) is 23.1 Å². The zero-order valence-electron chi connectivity index (χ0n) is 15.7. The van der Waals surface area contributed by atoms with E-state index in [1.165, 1.54) is 12.1 Å². The molecule has 0 N–H and O–H groups in total. The van der Waals surface area contributed by atoms with Crippen molar-refractivity contribution >= 4 is 17.8 Å². The largest absolute Gasteiger partial charge is 0.513 e. The Morgan fingerprint density at radius 2 is 1.75 bits per heavy atom. The number of hydrogen-bond donors (Lipinski definition) is 0. The quantitative estimate of drug-likeness (QED) is 0.415. The summed E-state index contributed by atoms with van der Waals surface area (Å²) in [7, 11) is 1.16. The molecule has 0 aliphatic rings. The molecule has 4 nitrogen and oxygen atoms in total. The van der Waals surface area contributed by atoms with Crippen LogP contribution < -0.4 is 9.47 Å². The van der Waals surface area contributed by atoms with Gasteiger partial charge in [0.2, 0.25) is 0 Å². The van der Waals surface area contributed by atoms with Crippen molar-refractivity contribution in [2.75, 3.05) is 7.11 Å². The SMILES string of the molecule is CCc1cc(C(F)(F)F)c(OCc2c(CC)cccc2OC(=O)OC)cc1Cl. The highest BCUT2D eigenvalue weighted by molar-refractivity contribution is 6.31. The van der Waals surface area contributed by atoms with Gasteiger partial charge >= 0.3 is 12.3 Å². The molecule has 0 saturated carbocycles. The fourth-order valence-corrected chi connectivity index (χ4v) is 2.98. The van der Waals surface area contributed by atoms with Crippen molar-refractivity contribution in [3.05, 3.63) is 57.6 Å². The molecule has 0 spiro atoms. The van der Waals surface area contributed by atoms with Gasteiger partial charge in [-0.3, -0.25) is 0 Å². The van der Waals surface area contributed by atoms with Crippen LogP contribution in [0.15, 0.2) is 30.3 Å². The number of aryl methyl sites for hydroxylation is 2. The van der Waals surface area contributed by atoms with E-state index in [1.807, 2.05) is 6.92 Å². The fraction of sp³-hybridized carbons (Fsp3) is 0.350. The second kappa shape index (κ2) is 9.19. The van der Waals surface area contributed by atoms with E-state index >= 15 is 0 Å². The Kier molecular flexibility index (Phi) is 7.18. The Morgan fingerprint density at radius 1 is 1.07 bits per heavy atom. The lowest BCUT2D eigenvalue weighted by molar-refractivity contribution is -0.139. The maximum Gasteiger partial charge on any atom is 0.513 e. The number of carbonyl (C=O) groups is 1. The Labute approximate surface area is 166 Å². The first-order valence-electron chi connectivity index (χ1n) is 8.60. The second-order valence-electron chi connectivity index (χ2n) is 5.88. The molecule has 2 rings (SSSR count). The smallest absolute Gasteiger partial charge is 0.488 e. The summed E-state index contributed by atoms with van der Waals surface area (Å²) in [4.78, 5) is 11.5. The second-order valence-corrected chi connectivity index (χ2v) is 6.29. The first-order chi connectivity index (χ1) is 13.2. The number of ether oxygens (including phenoxy) is 3. The molecule has 0 aromatic heterocycles. The summed E-state index contributed by atoms with van der Waals surface area (Å²) in [5.74, 6) is -0.222. The van der Waals surface area contributed by atoms with Gasteiger partial charge in [0.05, 0.1) is 12.7 Å². The third-order valence-electron chi connectivity index (χ3n) is 4.18. The van der Waals surface area contributed by atoms with E-state index in [1.54, 1.807) is 19.1 Å². The highest BCUT2D eigenvalue weighted by Crippen LogP contribution is 2.40. The number of methoxy groups -OCH3 is 1. The van der Waals surface area contributed by atoms with Crippen LogP contribution in [0.4, 0.5) is 18.0 Å². The molecule has 0 aliphatic carbocycles. The summed E-state index contributed by atoms with van der Waals surface area (Å²) in [5, 5.41) is 0.195. The van der Waals surface area contributed by atoms with Crippen molar-refractivity contribution in [1.82, 2.24) is 0 Å². The third kappa shape index (κ3) is 5.10. The molecule has 0 amide bonds. The Balaban J connectivity index is 2.41. The van der Waals surface area contributed by atoms with E-state index in [0.717, 1.165) is 18.7 Å². The van der Waals surface area contributed by atoms with Crippen LogP contribution in [0.25, 0.3) is 0 Å². The standard InChI is InChI=1S/C20H20ClF3O4/c1-4-12-7-6-8-17(28-19(25)26-3)14(12)11-27-18-10-16(21)13(5-2)9-15(18)20(22,23)24/h6-10H,4-5,11H2,1-3H3. The van der Waals surface area contributed by atoms with Crippen molar-refractivity contribution in [3.8, 4) is 11.5 Å². The first kappa shape index (κ1) is 21.9. The van der Waals surface area contributed by atoms with Gasteiger partial charge in [-0.1, -0.05) is 37.6 Å². The molecule has 0 bridgehead atoms. The molecule has 2 aromatic rings. The summed E-state index contributed by atoms with van der Waals surface area (Å²) in [6, 6.07) is 7.13. The molecule has 8 heteroatoms. The van der Waals surface area contributed by atoms with E-state index in [9.17, 15) is 18.0 Å². The van der Waals surface area contributed by atoms with Crippen LogP contribution in [-0.4, -0.2) is 13.3 Å². The number of halogens is 4. The molecular formula is C20H20ClF3O4. The van der Waals surface area contributed by atoms with Crippen LogP contribution in [0, 0.1) is 0 Å². The molecule has 152 valence electrons. The van der Waals surface area contributed by atoms with Crippen molar-refractivity contribution < 1.29 is 32.2 Å². The summed E-state index contributed by atoms with van der Waals surface area (Å²) >= 11 is 6.08. The van der Waals surface area contributed by atoms with Crippen LogP contribution in [0.5, 0.6) is 11.5 Å². The number of carbonyl (C=O) groups excluding carboxylic acids is 1. The Bertz CT molecular complexity index is 850. The van der Waals surface area contributed by atoms with Gasteiger partial charge in [-0.2, -0.15) is 13.2 Å². The maximum atomic E-state index is 13.5. The normalized spacial score (nSPS) is 11.2. The van der Waals surface area contributed by atoms with E-state index in [4.69, 9.17) is 21.1 Å². The van der Waals surface area contributed by atoms with Gasteiger partial charge in [0.15, 0.2) is 0 Å². The fourth-order valence-electron chi connectivity index (χ4n) is 2.69. The molecule has 0 fully saturated rings. The van der Waals surface area contributed by atoms with E-state index in [0.29, 0.717) is 24.0 Å². The van der Waals surface area contributed by atoms with Crippen molar-refractivity contribution in [3.63, 3.8) is 0 Å². The van der Waals surface area contributed by atoms with Crippen molar-refractivity contribution in [2.24, 2.45) is 0 Å². The lowest BCUT2D eigenvalue weighted by Gasteiger charge is -2.18. The van der Waals surface area contributed by atoms with Crippen LogP contribution in [0.1, 0.15) is 36.1 Å². The minimum Gasteiger partial charge on any atom is -0.488 e. The minimum atomic E-state index is -4.60. The molecule has 0 aliphatic heterocycles. The summed E-state index contributed by atoms with van der Waals surface area (Å²) in [6.07, 6.45) is -4.60. The lowest BCUT2D eigenvalue weighted by Crippen LogP contribution is -2.13. The lowest BCUT2D eigenvalue weighted by atomic mass is 10.0. The summed E-state index contributed by atoms with van der Waals surface area (Å²) < 4.78 is 55.4. The predicted molar refractivity (Wildman–Crippen MR) is 99.0 cm³/mol. The zero-order valence-corrected chi connectivity index (χ0v) is 16.4. The Hall–Kier alpha value is -2.41. The van der Waals surface area contributed by atoms with Crippen molar-refractivity contribution in [2.45, 2.75) is 39.5 Å². The molecule has 0 radical (unpaired) electrons. The molecular weight excluding hydrogens is 397 g/mol. The van der Waals surface area contributed by atoms with Crippen LogP contribution in [-0.2, 0) is 30.4 Å². The van der Waals surface area contributed by atoms with Crippen LogP contribution >= 0.6 is 11.6 Å². The van der Waals surface area contributed by atoms with Gasteiger partial charge in [0.1, 0.15) is 18.1 Å². The summed E-state index contributed by atoms with van der Waals surface area (Å²) in [5.41, 5.74) is 0.702. The molecule has 28 heavy (non-hydrogen) atoms. The van der Waals surface area contributed by atoms with Gasteiger partial charge < -0.3 is 14.2 Å². The number of benzene rings is 2. The third-order valence-corrected chi connectivity index (χ3v) is 4.53. The topological polar surface area (TPSA) is 44.8 Å². The number of hydrogen-bond acceptors (Lipinski definition) is 4. The highest BCUT2D eigenvalue weighted by Gasteiger charge is 2.35. The van der Waals surface area contributed by atoms with E-state index in [2.05, 4.69) is 4.74 Å². The van der Waals surface area contributed by atoms with Crippen molar-refractivity contribution in [1.29, 1.82) is 0 Å². The monoisotopic (exact) mass is 416 g/mol. The number of rotatable bonds is 6. The van der Waals surface area contributed by atoms with Crippen LogP contribution in [0.3, 0.4) is 0 Å². The molecule has 2 aromatic carbocycles. The first-order valence-corrected chi connectivity index (χ1v) is 8.98. The highest BCUT2D eigenvalue weighted by atomic mass is 35.5. The maximum absolute atomic E-state index is 13.5. The Morgan fingerprint density at radius 3 is 2.32 bits per heavy atom. The minimum absolute atomic E-state index is 0.163. The zero-order chi connectivity index (χ0) is 20.9. The van der Waals surface area contributed by atoms with Gasteiger partial charge in [0, 0.05) is 10.6 Å². The van der Waals surface area contributed by atoms with Gasteiger partial charge in [0.25, 0.3) is 0 Å². The van der Waals surface area contributed by atoms with Gasteiger partial charge in [-0.05, 0) is 42.2 Å². The number of alkyl halides is 3. The summed E-state index contributed by atoms with van der Waals surface area (Å²) in [6.45, 7) is 3.35. The molecule has 0 saturated heterocycles. The average molecular weight is 417 g/mol. The molecule has 0 atom stereocenters. The molecule has 0 unspecified atom stereocenters. The van der Waals surface area contributed by atoms with Crippen LogP contribution in [0.2, 0.25) is 5.02 Å². The predicted octanol–water partition coefficient (Wildman–Crippen LogP) is 6.21. The molecule has 0 heterocycles.